The molecular formula is C25H31ClN2O5S. The summed E-state index contributed by atoms with van der Waals surface area (Å²) in [7, 11) is 0.330. The summed E-state index contributed by atoms with van der Waals surface area (Å²) in [5.41, 5.74) is 0.567. The summed E-state index contributed by atoms with van der Waals surface area (Å²) >= 11 is 6.24. The van der Waals surface area contributed by atoms with E-state index in [2.05, 4.69) is 12.2 Å². The van der Waals surface area contributed by atoms with Gasteiger partial charge in [-0.3, -0.25) is 9.10 Å². The highest BCUT2D eigenvalue weighted by Gasteiger charge is 2.42. The summed E-state index contributed by atoms with van der Waals surface area (Å²) < 4.78 is 38.5. The lowest BCUT2D eigenvalue weighted by Crippen LogP contribution is -2.40. The molecular weight excluding hydrogens is 476 g/mol. The van der Waals surface area contributed by atoms with Crippen LogP contribution in [-0.2, 0) is 10.0 Å². The molecule has 2 fully saturated rings. The molecule has 0 heterocycles. The number of fused-ring (bicyclic) bond motifs is 2. The van der Waals surface area contributed by atoms with Crippen molar-refractivity contribution < 1.29 is 22.7 Å². The summed E-state index contributed by atoms with van der Waals surface area (Å²) in [6, 6.07) is 9.15. The molecule has 0 spiro atoms. The molecule has 2 bridgehead atoms. The van der Waals surface area contributed by atoms with Crippen molar-refractivity contribution in [3.63, 3.8) is 0 Å². The highest BCUT2D eigenvalue weighted by atomic mass is 35.5. The number of benzene rings is 2. The zero-order valence-electron chi connectivity index (χ0n) is 19.9. The van der Waals surface area contributed by atoms with Crippen LogP contribution in [0.4, 0.5) is 5.69 Å². The summed E-state index contributed by atoms with van der Waals surface area (Å²) in [6.45, 7) is 2.05. The van der Waals surface area contributed by atoms with Crippen molar-refractivity contribution in [2.45, 2.75) is 43.5 Å². The Hall–Kier alpha value is -2.45. The number of anilines is 1. The summed E-state index contributed by atoms with van der Waals surface area (Å²) in [5.74, 6) is 2.37. The maximum Gasteiger partial charge on any atom is 0.264 e. The van der Waals surface area contributed by atoms with Crippen LogP contribution in [0.1, 0.15) is 43.0 Å². The fraction of sp³-hybridized carbons (Fsp3) is 0.480. The number of methoxy groups -OCH3 is 2. The number of amides is 1. The Morgan fingerprint density at radius 1 is 1.12 bits per heavy atom. The first-order valence-electron chi connectivity index (χ1n) is 11.5. The van der Waals surface area contributed by atoms with E-state index in [0.717, 1.165) is 16.6 Å². The Bertz CT molecular complexity index is 1190. The van der Waals surface area contributed by atoms with Gasteiger partial charge in [0.1, 0.15) is 11.5 Å². The molecule has 0 aliphatic heterocycles. The number of nitrogens with zero attached hydrogens (tertiary/aromatic N) is 1. The van der Waals surface area contributed by atoms with Gasteiger partial charge in [0.25, 0.3) is 15.9 Å². The van der Waals surface area contributed by atoms with E-state index in [9.17, 15) is 13.2 Å². The molecule has 4 rings (SSSR count). The minimum Gasteiger partial charge on any atom is -0.495 e. The number of hydrogen-bond donors (Lipinski definition) is 1. The first-order valence-corrected chi connectivity index (χ1v) is 13.3. The molecule has 0 saturated heterocycles. The molecule has 0 radical (unpaired) electrons. The van der Waals surface area contributed by atoms with Crippen LogP contribution >= 0.6 is 11.6 Å². The SMILES string of the molecule is COc1cc(OC)c(N(C)S(=O)(=O)c2cccc(C(=O)N[C@H](C)[C@H]3C[C@H]4CC[C@H]3C4)c2)cc1Cl. The van der Waals surface area contributed by atoms with Crippen LogP contribution in [0.15, 0.2) is 41.3 Å². The largest absolute Gasteiger partial charge is 0.495 e. The molecule has 7 nitrogen and oxygen atoms in total. The number of rotatable bonds is 8. The van der Waals surface area contributed by atoms with Gasteiger partial charge < -0.3 is 14.8 Å². The van der Waals surface area contributed by atoms with Gasteiger partial charge in [0, 0.05) is 24.7 Å². The second kappa shape index (κ2) is 9.66. The number of halogens is 1. The Kier molecular flexibility index (Phi) is 7.01. The average Bonchev–Trinajstić information content (AvgIpc) is 3.47. The number of ether oxygens (including phenoxy) is 2. The molecule has 2 aliphatic rings. The van der Waals surface area contributed by atoms with Crippen molar-refractivity contribution in [1.29, 1.82) is 0 Å². The molecule has 184 valence electrons. The van der Waals surface area contributed by atoms with Crippen molar-refractivity contribution in [2.75, 3.05) is 25.6 Å². The van der Waals surface area contributed by atoms with Crippen LogP contribution in [0.2, 0.25) is 5.02 Å². The third kappa shape index (κ3) is 4.58. The number of nitrogens with one attached hydrogen (secondary N) is 1. The fourth-order valence-electron chi connectivity index (χ4n) is 5.48. The lowest BCUT2D eigenvalue weighted by Gasteiger charge is -2.28. The Labute approximate surface area is 206 Å². The van der Waals surface area contributed by atoms with Crippen LogP contribution in [0.3, 0.4) is 0 Å². The highest BCUT2D eigenvalue weighted by Crippen LogP contribution is 2.49. The second-order valence-corrected chi connectivity index (χ2v) is 11.6. The molecule has 2 saturated carbocycles. The molecule has 4 atom stereocenters. The van der Waals surface area contributed by atoms with Gasteiger partial charge in [0.05, 0.1) is 29.8 Å². The maximum absolute atomic E-state index is 13.4. The summed E-state index contributed by atoms with van der Waals surface area (Å²) in [4.78, 5) is 13.0. The molecule has 0 aromatic heterocycles. The van der Waals surface area contributed by atoms with Gasteiger partial charge >= 0.3 is 0 Å². The van der Waals surface area contributed by atoms with Gasteiger partial charge in [-0.15, -0.1) is 0 Å². The zero-order chi connectivity index (χ0) is 24.6. The smallest absolute Gasteiger partial charge is 0.264 e. The van der Waals surface area contributed by atoms with Crippen LogP contribution in [-0.4, -0.2) is 41.6 Å². The van der Waals surface area contributed by atoms with E-state index in [0.29, 0.717) is 28.9 Å². The molecule has 1 amide bonds. The predicted octanol–water partition coefficient (Wildman–Crippen LogP) is 4.74. The normalized spacial score (nSPS) is 22.3. The maximum atomic E-state index is 13.4. The first-order chi connectivity index (χ1) is 16.1. The van der Waals surface area contributed by atoms with E-state index in [1.54, 1.807) is 12.1 Å². The van der Waals surface area contributed by atoms with Gasteiger partial charge in [-0.2, -0.15) is 0 Å². The number of carbonyl (C=O) groups excluding carboxylic acids is 1. The van der Waals surface area contributed by atoms with Crippen LogP contribution in [0, 0.1) is 17.8 Å². The Balaban J connectivity index is 1.55. The summed E-state index contributed by atoms with van der Waals surface area (Å²) in [6.07, 6.45) is 4.98. The minimum atomic E-state index is -3.99. The lowest BCUT2D eigenvalue weighted by molar-refractivity contribution is 0.0915. The molecule has 2 aromatic carbocycles. The van der Waals surface area contributed by atoms with Crippen LogP contribution in [0.5, 0.6) is 11.5 Å². The van der Waals surface area contributed by atoms with Gasteiger partial charge in [0.15, 0.2) is 0 Å². The Morgan fingerprint density at radius 3 is 2.47 bits per heavy atom. The number of sulfonamides is 1. The average molecular weight is 507 g/mol. The van der Waals surface area contributed by atoms with Crippen molar-refractivity contribution in [3.05, 3.63) is 47.0 Å². The summed E-state index contributed by atoms with van der Waals surface area (Å²) in [5, 5.41) is 3.36. The third-order valence-electron chi connectivity index (χ3n) is 7.34. The molecule has 1 N–H and O–H groups in total. The first kappa shape index (κ1) is 24.7. The van der Waals surface area contributed by atoms with E-state index in [4.69, 9.17) is 21.1 Å². The topological polar surface area (TPSA) is 84.9 Å². The quantitative estimate of drug-likeness (QED) is 0.559. The van der Waals surface area contributed by atoms with E-state index < -0.39 is 10.0 Å². The van der Waals surface area contributed by atoms with Crippen LogP contribution in [0.25, 0.3) is 0 Å². The fourth-order valence-corrected chi connectivity index (χ4v) is 6.96. The minimum absolute atomic E-state index is 0.00391. The van der Waals surface area contributed by atoms with Crippen molar-refractivity contribution >= 4 is 33.2 Å². The van der Waals surface area contributed by atoms with Gasteiger partial charge in [-0.25, -0.2) is 8.42 Å². The van der Waals surface area contributed by atoms with Gasteiger partial charge in [0.2, 0.25) is 0 Å². The number of carbonyl (C=O) groups is 1. The standard InChI is InChI=1S/C25H31ClN2O5S/c1-15(20-11-16-8-9-17(20)10-16)27-25(29)18-6-5-7-19(12-18)34(30,31)28(2)22-13-21(26)23(32-3)14-24(22)33-4/h5-7,12-17,20H,8-11H2,1-4H3,(H,27,29)/t15-,16+,17+,20-/m1/s1. The van der Waals surface area contributed by atoms with E-state index in [-0.39, 0.29) is 27.6 Å². The second-order valence-electron chi connectivity index (χ2n) is 9.26. The van der Waals surface area contributed by atoms with Gasteiger partial charge in [-0.1, -0.05) is 24.1 Å². The molecule has 0 unspecified atom stereocenters. The van der Waals surface area contributed by atoms with Gasteiger partial charge in [-0.05, 0) is 68.2 Å². The van der Waals surface area contributed by atoms with E-state index in [1.807, 2.05) is 0 Å². The van der Waals surface area contributed by atoms with Crippen molar-refractivity contribution in [1.82, 2.24) is 5.32 Å². The molecule has 2 aromatic rings. The molecule has 9 heteroatoms. The van der Waals surface area contributed by atoms with E-state index >= 15 is 0 Å². The van der Waals surface area contributed by atoms with E-state index in [1.165, 1.54) is 64.8 Å². The monoisotopic (exact) mass is 506 g/mol. The van der Waals surface area contributed by atoms with Crippen LogP contribution < -0.4 is 19.1 Å². The predicted molar refractivity (Wildman–Crippen MR) is 132 cm³/mol. The Morgan fingerprint density at radius 2 is 1.85 bits per heavy atom. The third-order valence-corrected chi connectivity index (χ3v) is 9.40. The van der Waals surface area contributed by atoms with Crippen molar-refractivity contribution in [2.24, 2.45) is 17.8 Å². The molecule has 34 heavy (non-hydrogen) atoms. The molecule has 2 aliphatic carbocycles. The number of hydrogen-bond acceptors (Lipinski definition) is 5. The zero-order valence-corrected chi connectivity index (χ0v) is 21.4. The lowest BCUT2D eigenvalue weighted by atomic mass is 9.84. The van der Waals surface area contributed by atoms with Crippen molar-refractivity contribution in [3.8, 4) is 11.5 Å². The highest BCUT2D eigenvalue weighted by molar-refractivity contribution is 7.92.